The predicted octanol–water partition coefficient (Wildman–Crippen LogP) is 5.97. The lowest BCUT2D eigenvalue weighted by Gasteiger charge is -2.56. The second-order valence-electron chi connectivity index (χ2n) is 13.3. The molecule has 3 saturated carbocycles. The van der Waals surface area contributed by atoms with Gasteiger partial charge in [-0.05, 0) is 105 Å². The van der Waals surface area contributed by atoms with Crippen molar-refractivity contribution >= 4 is 29.4 Å². The molecule has 6 heteroatoms. The molecule has 6 rings (SSSR count). The SMILES string of the molecule is CN1CCN(C(=O)COc2ccc(/C=C3\C[C@H]4[C@@H]5CC=C6CC(Cl)CC[C@]6(C)[C@H]5CC[C@]4(C)C3=O)cc2)CC1. The summed E-state index contributed by atoms with van der Waals surface area (Å²) in [5, 5.41) is 0.284. The molecular weight excluding hydrogens is 508 g/mol. The highest BCUT2D eigenvalue weighted by atomic mass is 35.5. The van der Waals surface area contributed by atoms with Gasteiger partial charge in [-0.15, -0.1) is 11.6 Å². The summed E-state index contributed by atoms with van der Waals surface area (Å²) in [5.41, 5.74) is 3.60. The third-order valence-electron chi connectivity index (χ3n) is 11.1. The number of ketones is 1. The summed E-state index contributed by atoms with van der Waals surface area (Å²) >= 11 is 6.56. The Labute approximate surface area is 238 Å². The Morgan fingerprint density at radius 1 is 1.03 bits per heavy atom. The Morgan fingerprint density at radius 2 is 1.74 bits per heavy atom. The number of carbonyl (C=O) groups excluding carboxylic acids is 2. The van der Waals surface area contributed by atoms with Crippen LogP contribution in [-0.4, -0.2) is 66.7 Å². The van der Waals surface area contributed by atoms with Crippen molar-refractivity contribution in [2.24, 2.45) is 28.6 Å². The molecule has 210 valence electrons. The van der Waals surface area contributed by atoms with Gasteiger partial charge in [-0.25, -0.2) is 0 Å². The Kier molecular flexibility index (Phi) is 7.20. The van der Waals surface area contributed by atoms with Gasteiger partial charge in [0, 0.05) is 37.0 Å². The molecule has 4 fully saturated rings. The van der Waals surface area contributed by atoms with Gasteiger partial charge in [0.2, 0.25) is 0 Å². The van der Waals surface area contributed by atoms with Gasteiger partial charge in [0.05, 0.1) is 0 Å². The van der Waals surface area contributed by atoms with Gasteiger partial charge >= 0.3 is 0 Å². The van der Waals surface area contributed by atoms with Gasteiger partial charge in [-0.3, -0.25) is 9.59 Å². The van der Waals surface area contributed by atoms with E-state index in [9.17, 15) is 9.59 Å². The van der Waals surface area contributed by atoms with Crippen LogP contribution in [0.4, 0.5) is 0 Å². The van der Waals surface area contributed by atoms with Gasteiger partial charge in [0.1, 0.15) is 5.75 Å². The molecule has 6 atom stereocenters. The summed E-state index contributed by atoms with van der Waals surface area (Å²) in [7, 11) is 2.08. The highest BCUT2D eigenvalue weighted by molar-refractivity contribution is 6.20. The molecule has 5 nitrogen and oxygen atoms in total. The van der Waals surface area contributed by atoms with E-state index in [0.717, 1.165) is 75.8 Å². The van der Waals surface area contributed by atoms with E-state index in [0.29, 0.717) is 29.3 Å². The van der Waals surface area contributed by atoms with Crippen molar-refractivity contribution in [3.8, 4) is 5.75 Å². The fourth-order valence-electron chi connectivity index (χ4n) is 8.57. The Bertz CT molecular complexity index is 1180. The first-order valence-corrected chi connectivity index (χ1v) is 15.4. The van der Waals surface area contributed by atoms with Crippen LogP contribution in [0.1, 0.15) is 64.4 Å². The molecule has 4 aliphatic carbocycles. The van der Waals surface area contributed by atoms with Crippen molar-refractivity contribution in [1.82, 2.24) is 9.80 Å². The monoisotopic (exact) mass is 550 g/mol. The molecule has 0 N–H and O–H groups in total. The van der Waals surface area contributed by atoms with E-state index in [2.05, 4.69) is 37.9 Å². The van der Waals surface area contributed by atoms with E-state index in [1.54, 1.807) is 5.57 Å². The van der Waals surface area contributed by atoms with Crippen molar-refractivity contribution in [3.63, 3.8) is 0 Å². The minimum absolute atomic E-state index is 0.0363. The van der Waals surface area contributed by atoms with Crippen LogP contribution in [0.15, 0.2) is 41.5 Å². The molecule has 1 aliphatic heterocycles. The maximum absolute atomic E-state index is 13.8. The van der Waals surface area contributed by atoms with Gasteiger partial charge < -0.3 is 14.5 Å². The largest absolute Gasteiger partial charge is 0.484 e. The van der Waals surface area contributed by atoms with E-state index in [1.807, 2.05) is 29.2 Å². The van der Waals surface area contributed by atoms with E-state index >= 15 is 0 Å². The number of halogens is 1. The number of carbonyl (C=O) groups is 2. The molecule has 1 heterocycles. The Hall–Kier alpha value is -2.11. The number of benzene rings is 1. The highest BCUT2D eigenvalue weighted by Crippen LogP contribution is 2.65. The Morgan fingerprint density at radius 3 is 2.49 bits per heavy atom. The molecule has 1 unspecified atom stereocenters. The average molecular weight is 551 g/mol. The lowest BCUT2D eigenvalue weighted by molar-refractivity contribution is -0.135. The smallest absolute Gasteiger partial charge is 0.260 e. The highest BCUT2D eigenvalue weighted by Gasteiger charge is 2.59. The first-order chi connectivity index (χ1) is 18.7. The number of hydrogen-bond acceptors (Lipinski definition) is 4. The normalized spacial score (nSPS) is 37.6. The number of fused-ring (bicyclic) bond motifs is 5. The first-order valence-electron chi connectivity index (χ1n) is 15.0. The lowest BCUT2D eigenvalue weighted by atomic mass is 9.48. The summed E-state index contributed by atoms with van der Waals surface area (Å²) in [4.78, 5) is 30.4. The molecule has 0 aromatic heterocycles. The summed E-state index contributed by atoms with van der Waals surface area (Å²) in [5.74, 6) is 2.74. The van der Waals surface area contributed by atoms with Crippen molar-refractivity contribution in [3.05, 3.63) is 47.1 Å². The average Bonchev–Trinajstić information content (AvgIpc) is 3.18. The molecule has 5 aliphatic rings. The number of nitrogens with zero attached hydrogens (tertiary/aromatic N) is 2. The third-order valence-corrected chi connectivity index (χ3v) is 11.5. The number of rotatable bonds is 4. The molecule has 1 amide bonds. The Balaban J connectivity index is 1.12. The summed E-state index contributed by atoms with van der Waals surface area (Å²) in [6.45, 7) is 8.10. The zero-order chi connectivity index (χ0) is 27.4. The number of piperazine rings is 1. The second kappa shape index (κ2) is 10.4. The number of likely N-dealkylation sites (N-methyl/N-ethyl adjacent to an activating group) is 1. The van der Waals surface area contributed by atoms with Gasteiger partial charge in [0.25, 0.3) is 5.91 Å². The van der Waals surface area contributed by atoms with Crippen LogP contribution in [0.5, 0.6) is 5.75 Å². The number of Topliss-reactive ketones (excluding diaryl/α,β-unsaturated/α-hetero) is 1. The molecule has 0 bridgehead atoms. The number of ether oxygens (including phenoxy) is 1. The van der Waals surface area contributed by atoms with Crippen LogP contribution < -0.4 is 4.74 Å². The van der Waals surface area contributed by atoms with Crippen LogP contribution in [0, 0.1) is 28.6 Å². The maximum atomic E-state index is 13.8. The van der Waals surface area contributed by atoms with Crippen LogP contribution in [0.3, 0.4) is 0 Å². The number of hydrogen-bond donors (Lipinski definition) is 0. The first kappa shape index (κ1) is 27.1. The van der Waals surface area contributed by atoms with Gasteiger partial charge in [-0.1, -0.05) is 37.6 Å². The molecule has 1 saturated heterocycles. The zero-order valence-electron chi connectivity index (χ0n) is 23.8. The van der Waals surface area contributed by atoms with Crippen LogP contribution in [0.25, 0.3) is 6.08 Å². The van der Waals surface area contributed by atoms with Crippen LogP contribution in [-0.2, 0) is 9.59 Å². The molecule has 0 spiro atoms. The van der Waals surface area contributed by atoms with Crippen molar-refractivity contribution in [2.45, 2.75) is 64.2 Å². The molecule has 1 aromatic carbocycles. The zero-order valence-corrected chi connectivity index (χ0v) is 24.5. The molecule has 0 radical (unpaired) electrons. The topological polar surface area (TPSA) is 49.9 Å². The summed E-state index contributed by atoms with van der Waals surface area (Å²) < 4.78 is 5.80. The maximum Gasteiger partial charge on any atom is 0.260 e. The molecule has 39 heavy (non-hydrogen) atoms. The summed E-state index contributed by atoms with van der Waals surface area (Å²) in [6.07, 6.45) is 12.1. The molecular formula is C33H43ClN2O3. The quantitative estimate of drug-likeness (QED) is 0.263. The van der Waals surface area contributed by atoms with Gasteiger partial charge in [0.15, 0.2) is 12.4 Å². The fraction of sp³-hybridized carbons (Fsp3) is 0.636. The van der Waals surface area contributed by atoms with Crippen LogP contribution >= 0.6 is 11.6 Å². The number of amides is 1. The third kappa shape index (κ3) is 4.88. The lowest BCUT2D eigenvalue weighted by Crippen LogP contribution is -2.50. The number of allylic oxidation sites excluding steroid dienone is 3. The predicted molar refractivity (Wildman–Crippen MR) is 156 cm³/mol. The molecule has 1 aromatic rings. The summed E-state index contributed by atoms with van der Waals surface area (Å²) in [6, 6.07) is 7.83. The standard InChI is InChI=1S/C33H43ClN2O3/c1-32-12-10-25(34)20-24(32)6-9-27-28(32)11-13-33(2)29(27)19-23(31(33)38)18-22-4-7-26(8-5-22)39-21-30(37)36-16-14-35(3)15-17-36/h4-8,18,25,27-29H,9-17,19-21H2,1-3H3/b23-18+/t25?,27-,28+,29+,32+,33+/m1/s1. The minimum atomic E-state index is -0.245. The van der Waals surface area contributed by atoms with Crippen molar-refractivity contribution in [1.29, 1.82) is 0 Å². The van der Waals surface area contributed by atoms with Crippen molar-refractivity contribution in [2.75, 3.05) is 39.8 Å². The van der Waals surface area contributed by atoms with E-state index in [-0.39, 0.29) is 28.7 Å². The van der Waals surface area contributed by atoms with Crippen molar-refractivity contribution < 1.29 is 14.3 Å². The van der Waals surface area contributed by atoms with E-state index in [1.165, 1.54) is 6.42 Å². The van der Waals surface area contributed by atoms with E-state index in [4.69, 9.17) is 16.3 Å². The minimum Gasteiger partial charge on any atom is -0.484 e. The number of alkyl halides is 1. The van der Waals surface area contributed by atoms with E-state index < -0.39 is 0 Å². The second-order valence-corrected chi connectivity index (χ2v) is 13.9. The fourth-order valence-corrected chi connectivity index (χ4v) is 8.84. The van der Waals surface area contributed by atoms with Crippen LogP contribution in [0.2, 0.25) is 0 Å². The van der Waals surface area contributed by atoms with Gasteiger partial charge in [-0.2, -0.15) is 0 Å².